The van der Waals surface area contributed by atoms with Crippen LogP contribution >= 0.6 is 0 Å². The van der Waals surface area contributed by atoms with Crippen molar-refractivity contribution in [3.63, 3.8) is 0 Å². The summed E-state index contributed by atoms with van der Waals surface area (Å²) in [4.78, 5) is 11.5. The molecule has 1 aromatic heterocycles. The Morgan fingerprint density at radius 2 is 2.09 bits per heavy atom. The molecule has 0 radical (unpaired) electrons. The molecule has 1 aromatic carbocycles. The molecule has 1 aliphatic heterocycles. The second kappa shape index (κ2) is 6.32. The third-order valence-electron chi connectivity index (χ3n) is 4.33. The van der Waals surface area contributed by atoms with Crippen molar-refractivity contribution in [2.45, 2.75) is 24.8 Å². The van der Waals surface area contributed by atoms with Crippen LogP contribution in [0.2, 0.25) is 0 Å². The molecule has 5 nitrogen and oxygen atoms in total. The largest absolute Gasteiger partial charge is 0.465 e. The van der Waals surface area contributed by atoms with E-state index in [1.54, 1.807) is 0 Å². The highest BCUT2D eigenvalue weighted by Gasteiger charge is 2.24. The van der Waals surface area contributed by atoms with Crippen LogP contribution in [0.5, 0.6) is 0 Å². The number of carbonyl (C=O) groups is 1. The van der Waals surface area contributed by atoms with Gasteiger partial charge in [-0.3, -0.25) is 4.68 Å². The molecule has 1 unspecified atom stereocenters. The van der Waals surface area contributed by atoms with Crippen molar-refractivity contribution < 1.29 is 9.53 Å². The minimum absolute atomic E-state index is 0.295. The number of methoxy groups -OCH3 is 1. The van der Waals surface area contributed by atoms with E-state index in [4.69, 9.17) is 4.74 Å². The van der Waals surface area contributed by atoms with E-state index in [0.717, 1.165) is 19.4 Å². The van der Waals surface area contributed by atoms with Crippen molar-refractivity contribution in [1.82, 2.24) is 15.1 Å². The van der Waals surface area contributed by atoms with Gasteiger partial charge in [0, 0.05) is 19.3 Å². The summed E-state index contributed by atoms with van der Waals surface area (Å²) in [7, 11) is 3.35. The van der Waals surface area contributed by atoms with Gasteiger partial charge in [0.15, 0.2) is 0 Å². The van der Waals surface area contributed by atoms with Crippen molar-refractivity contribution in [3.05, 3.63) is 53.3 Å². The molecule has 2 atom stereocenters. The molecule has 1 saturated heterocycles. The van der Waals surface area contributed by atoms with Crippen molar-refractivity contribution in [2.24, 2.45) is 7.05 Å². The molecule has 0 bridgehead atoms. The highest BCUT2D eigenvalue weighted by molar-refractivity contribution is 5.89. The first-order valence-electron chi connectivity index (χ1n) is 7.57. The maximum absolute atomic E-state index is 11.5. The highest BCUT2D eigenvalue weighted by Crippen LogP contribution is 2.33. The van der Waals surface area contributed by atoms with Gasteiger partial charge in [-0.15, -0.1) is 0 Å². The second-order valence-electron chi connectivity index (χ2n) is 5.79. The lowest BCUT2D eigenvalue weighted by Crippen LogP contribution is -2.30. The van der Waals surface area contributed by atoms with Gasteiger partial charge in [0.05, 0.1) is 18.9 Å². The van der Waals surface area contributed by atoms with E-state index < -0.39 is 0 Å². The number of ether oxygens (including phenoxy) is 1. The molecule has 5 heteroatoms. The van der Waals surface area contributed by atoms with Gasteiger partial charge in [0.2, 0.25) is 0 Å². The maximum atomic E-state index is 11.5. The van der Waals surface area contributed by atoms with E-state index in [1.807, 2.05) is 42.2 Å². The van der Waals surface area contributed by atoms with Crippen LogP contribution in [-0.4, -0.2) is 29.4 Å². The molecule has 1 aliphatic rings. The summed E-state index contributed by atoms with van der Waals surface area (Å²) >= 11 is 0. The van der Waals surface area contributed by atoms with Gasteiger partial charge in [0.1, 0.15) is 0 Å². The van der Waals surface area contributed by atoms with Gasteiger partial charge in [-0.05, 0) is 48.6 Å². The number of benzene rings is 1. The van der Waals surface area contributed by atoms with Crippen LogP contribution in [0.1, 0.15) is 46.3 Å². The first kappa shape index (κ1) is 14.8. The zero-order valence-electron chi connectivity index (χ0n) is 13.0. The molecule has 0 saturated carbocycles. The number of aromatic nitrogens is 2. The summed E-state index contributed by atoms with van der Waals surface area (Å²) in [5, 5.41) is 7.84. The van der Waals surface area contributed by atoms with Gasteiger partial charge in [-0.25, -0.2) is 4.79 Å². The summed E-state index contributed by atoms with van der Waals surface area (Å²) in [6.45, 7) is 0.989. The standard InChI is InChI=1S/C17H21N3O2/c1-20-11-15(10-19-20)14-7-8-18-16(9-14)12-3-5-13(6-4-12)17(21)22-2/h3-6,10-11,14,16,18H,7-9H2,1-2H3/t14?,16-/m0/s1. The topological polar surface area (TPSA) is 56.1 Å². The van der Waals surface area contributed by atoms with E-state index in [9.17, 15) is 4.79 Å². The predicted molar refractivity (Wildman–Crippen MR) is 83.7 cm³/mol. The zero-order valence-corrected chi connectivity index (χ0v) is 13.0. The number of nitrogens with one attached hydrogen (secondary N) is 1. The van der Waals surface area contributed by atoms with Gasteiger partial charge < -0.3 is 10.1 Å². The first-order chi connectivity index (χ1) is 10.7. The minimum atomic E-state index is -0.295. The van der Waals surface area contributed by atoms with Crippen LogP contribution in [0, 0.1) is 0 Å². The van der Waals surface area contributed by atoms with E-state index in [0.29, 0.717) is 17.5 Å². The van der Waals surface area contributed by atoms with Crippen molar-refractivity contribution >= 4 is 5.97 Å². The van der Waals surface area contributed by atoms with Crippen molar-refractivity contribution in [1.29, 1.82) is 0 Å². The molecule has 2 aromatic rings. The number of rotatable bonds is 3. The molecule has 116 valence electrons. The average Bonchev–Trinajstić information content (AvgIpc) is 3.01. The van der Waals surface area contributed by atoms with E-state index in [-0.39, 0.29) is 5.97 Å². The Morgan fingerprint density at radius 1 is 1.32 bits per heavy atom. The molecule has 2 heterocycles. The maximum Gasteiger partial charge on any atom is 0.337 e. The van der Waals surface area contributed by atoms with Crippen molar-refractivity contribution in [3.8, 4) is 0 Å². The van der Waals surface area contributed by atoms with Crippen LogP contribution in [0.3, 0.4) is 0 Å². The Hall–Kier alpha value is -2.14. The van der Waals surface area contributed by atoms with Gasteiger partial charge in [-0.2, -0.15) is 5.10 Å². The van der Waals surface area contributed by atoms with Crippen LogP contribution < -0.4 is 5.32 Å². The number of nitrogens with zero attached hydrogens (tertiary/aromatic N) is 2. The van der Waals surface area contributed by atoms with Gasteiger partial charge in [0.25, 0.3) is 0 Å². The number of hydrogen-bond donors (Lipinski definition) is 1. The van der Waals surface area contributed by atoms with E-state index in [2.05, 4.69) is 16.6 Å². The number of piperidine rings is 1. The summed E-state index contributed by atoms with van der Waals surface area (Å²) in [6, 6.07) is 7.99. The van der Waals surface area contributed by atoms with Gasteiger partial charge in [-0.1, -0.05) is 12.1 Å². The predicted octanol–water partition coefficient (Wildman–Crippen LogP) is 2.42. The lowest BCUT2D eigenvalue weighted by molar-refractivity contribution is 0.0600. The van der Waals surface area contributed by atoms with E-state index in [1.165, 1.54) is 18.2 Å². The van der Waals surface area contributed by atoms with Crippen LogP contribution in [0.15, 0.2) is 36.7 Å². The summed E-state index contributed by atoms with van der Waals surface area (Å²) in [6.07, 6.45) is 6.24. The first-order valence-corrected chi connectivity index (χ1v) is 7.57. The Labute approximate surface area is 130 Å². The quantitative estimate of drug-likeness (QED) is 0.884. The second-order valence-corrected chi connectivity index (χ2v) is 5.79. The van der Waals surface area contributed by atoms with Gasteiger partial charge >= 0.3 is 5.97 Å². The molecular formula is C17H21N3O2. The van der Waals surface area contributed by atoms with Crippen molar-refractivity contribution in [2.75, 3.05) is 13.7 Å². The number of hydrogen-bond acceptors (Lipinski definition) is 4. The Morgan fingerprint density at radius 3 is 2.73 bits per heavy atom. The molecule has 22 heavy (non-hydrogen) atoms. The Bertz CT molecular complexity index is 648. The fourth-order valence-electron chi connectivity index (χ4n) is 3.09. The van der Waals surface area contributed by atoms with Crippen LogP contribution in [0.4, 0.5) is 0 Å². The van der Waals surface area contributed by atoms with Crippen LogP contribution in [0.25, 0.3) is 0 Å². The molecule has 0 aliphatic carbocycles. The SMILES string of the molecule is COC(=O)c1ccc([C@@H]2CC(c3cnn(C)c3)CCN2)cc1. The molecule has 3 rings (SSSR count). The fourth-order valence-corrected chi connectivity index (χ4v) is 3.09. The third kappa shape index (κ3) is 3.04. The highest BCUT2D eigenvalue weighted by atomic mass is 16.5. The summed E-state index contributed by atoms with van der Waals surface area (Å²) in [5.74, 6) is 0.233. The molecule has 0 amide bonds. The summed E-state index contributed by atoms with van der Waals surface area (Å²) in [5.41, 5.74) is 3.10. The molecular weight excluding hydrogens is 278 g/mol. The lowest BCUT2D eigenvalue weighted by Gasteiger charge is -2.30. The number of aryl methyl sites for hydroxylation is 1. The smallest absolute Gasteiger partial charge is 0.337 e. The molecule has 1 fully saturated rings. The van der Waals surface area contributed by atoms with E-state index >= 15 is 0 Å². The zero-order chi connectivity index (χ0) is 15.5. The Kier molecular flexibility index (Phi) is 4.24. The normalized spacial score (nSPS) is 21.5. The summed E-state index contributed by atoms with van der Waals surface area (Å²) < 4.78 is 6.59. The lowest BCUT2D eigenvalue weighted by atomic mass is 9.85. The number of carbonyl (C=O) groups excluding carboxylic acids is 1. The minimum Gasteiger partial charge on any atom is -0.465 e. The molecule has 0 spiro atoms. The fraction of sp³-hybridized carbons (Fsp3) is 0.412. The average molecular weight is 299 g/mol. The molecule has 1 N–H and O–H groups in total. The third-order valence-corrected chi connectivity index (χ3v) is 4.33. The monoisotopic (exact) mass is 299 g/mol. The van der Waals surface area contributed by atoms with Crippen LogP contribution in [-0.2, 0) is 11.8 Å². The Balaban J connectivity index is 1.73. The number of esters is 1.